The standard InChI is InChI=1S/C23H28F3NO/c1-14-9-22(10-15(2)17(14)4)28-13-21-12-19(11-16(3)27-21)18-5-7-20(8-6-18)23(24,25)26/h5-10,16,19,21,27H,11-13H2,1-4H3. The summed E-state index contributed by atoms with van der Waals surface area (Å²) in [4.78, 5) is 0. The lowest BCUT2D eigenvalue weighted by molar-refractivity contribution is -0.137. The van der Waals surface area contributed by atoms with E-state index in [1.54, 1.807) is 12.1 Å². The fourth-order valence-electron chi connectivity index (χ4n) is 4.01. The molecule has 5 heteroatoms. The number of hydrogen-bond acceptors (Lipinski definition) is 2. The van der Waals surface area contributed by atoms with Crippen LogP contribution in [-0.2, 0) is 6.18 Å². The van der Waals surface area contributed by atoms with Crippen LogP contribution in [0.3, 0.4) is 0 Å². The molecule has 28 heavy (non-hydrogen) atoms. The monoisotopic (exact) mass is 391 g/mol. The van der Waals surface area contributed by atoms with E-state index in [4.69, 9.17) is 4.74 Å². The first-order valence-electron chi connectivity index (χ1n) is 9.77. The zero-order valence-electron chi connectivity index (χ0n) is 16.9. The van der Waals surface area contributed by atoms with Crippen molar-refractivity contribution in [3.8, 4) is 5.75 Å². The van der Waals surface area contributed by atoms with Crippen LogP contribution in [0.5, 0.6) is 5.75 Å². The first-order valence-corrected chi connectivity index (χ1v) is 9.77. The fourth-order valence-corrected chi connectivity index (χ4v) is 4.01. The minimum atomic E-state index is -4.29. The molecule has 1 saturated heterocycles. The van der Waals surface area contributed by atoms with Crippen molar-refractivity contribution in [1.29, 1.82) is 0 Å². The maximum atomic E-state index is 12.8. The number of nitrogens with one attached hydrogen (secondary N) is 1. The van der Waals surface area contributed by atoms with Crippen molar-refractivity contribution >= 4 is 0 Å². The Hall–Kier alpha value is -2.01. The van der Waals surface area contributed by atoms with E-state index in [-0.39, 0.29) is 18.0 Å². The molecule has 1 N–H and O–H groups in total. The molecule has 1 aliphatic rings. The van der Waals surface area contributed by atoms with Gasteiger partial charge in [-0.3, -0.25) is 0 Å². The summed E-state index contributed by atoms with van der Waals surface area (Å²) in [5, 5.41) is 3.56. The predicted molar refractivity (Wildman–Crippen MR) is 106 cm³/mol. The molecule has 3 unspecified atom stereocenters. The van der Waals surface area contributed by atoms with Gasteiger partial charge in [0.25, 0.3) is 0 Å². The third-order valence-corrected chi connectivity index (χ3v) is 5.79. The number of benzene rings is 2. The topological polar surface area (TPSA) is 21.3 Å². The van der Waals surface area contributed by atoms with Crippen LogP contribution < -0.4 is 10.1 Å². The number of alkyl halides is 3. The summed E-state index contributed by atoms with van der Waals surface area (Å²) < 4.78 is 44.5. The Balaban J connectivity index is 1.66. The molecule has 0 saturated carbocycles. The first kappa shape index (κ1) is 20.7. The summed E-state index contributed by atoms with van der Waals surface area (Å²) in [6.07, 6.45) is -2.54. The molecule has 1 aliphatic heterocycles. The van der Waals surface area contributed by atoms with E-state index in [1.807, 2.05) is 0 Å². The quantitative estimate of drug-likeness (QED) is 0.697. The molecule has 0 spiro atoms. The van der Waals surface area contributed by atoms with E-state index < -0.39 is 11.7 Å². The highest BCUT2D eigenvalue weighted by molar-refractivity contribution is 5.40. The molecule has 0 aromatic heterocycles. The molecule has 3 rings (SSSR count). The van der Waals surface area contributed by atoms with Crippen molar-refractivity contribution in [1.82, 2.24) is 5.32 Å². The Labute approximate surface area is 165 Å². The van der Waals surface area contributed by atoms with Crippen LogP contribution in [0, 0.1) is 20.8 Å². The summed E-state index contributed by atoms with van der Waals surface area (Å²) >= 11 is 0. The third kappa shape index (κ3) is 4.88. The minimum Gasteiger partial charge on any atom is -0.492 e. The molecule has 2 aromatic rings. The second-order valence-electron chi connectivity index (χ2n) is 8.05. The Morgan fingerprint density at radius 2 is 1.61 bits per heavy atom. The van der Waals surface area contributed by atoms with Crippen molar-refractivity contribution in [3.63, 3.8) is 0 Å². The van der Waals surface area contributed by atoms with E-state index in [0.29, 0.717) is 6.61 Å². The van der Waals surface area contributed by atoms with Gasteiger partial charge in [0.15, 0.2) is 0 Å². The second-order valence-corrected chi connectivity index (χ2v) is 8.05. The van der Waals surface area contributed by atoms with Crippen LogP contribution in [0.2, 0.25) is 0 Å². The first-order chi connectivity index (χ1) is 13.1. The summed E-state index contributed by atoms with van der Waals surface area (Å²) in [5.74, 6) is 1.10. The van der Waals surface area contributed by atoms with Crippen LogP contribution in [0.25, 0.3) is 0 Å². The number of ether oxygens (including phenoxy) is 1. The Morgan fingerprint density at radius 1 is 1.00 bits per heavy atom. The van der Waals surface area contributed by atoms with Crippen LogP contribution in [0.4, 0.5) is 13.2 Å². The molecule has 0 bridgehead atoms. The smallest absolute Gasteiger partial charge is 0.416 e. The lowest BCUT2D eigenvalue weighted by Crippen LogP contribution is -2.46. The summed E-state index contributed by atoms with van der Waals surface area (Å²) in [6, 6.07) is 10.2. The molecular weight excluding hydrogens is 363 g/mol. The van der Waals surface area contributed by atoms with E-state index >= 15 is 0 Å². The number of rotatable bonds is 4. The molecule has 1 fully saturated rings. The predicted octanol–water partition coefficient (Wildman–Crippen LogP) is 5.93. The average molecular weight is 391 g/mol. The van der Waals surface area contributed by atoms with Gasteiger partial charge in [-0.1, -0.05) is 12.1 Å². The van der Waals surface area contributed by atoms with Crippen LogP contribution in [0.15, 0.2) is 36.4 Å². The number of piperidine rings is 1. The van der Waals surface area contributed by atoms with E-state index in [0.717, 1.165) is 24.2 Å². The van der Waals surface area contributed by atoms with Gasteiger partial charge in [-0.05, 0) is 93.0 Å². The Kier molecular flexibility index (Phi) is 6.04. The summed E-state index contributed by atoms with van der Waals surface area (Å²) in [5.41, 5.74) is 4.07. The molecular formula is C23H28F3NO. The number of halogens is 3. The highest BCUT2D eigenvalue weighted by atomic mass is 19.4. The van der Waals surface area contributed by atoms with Crippen LogP contribution >= 0.6 is 0 Å². The largest absolute Gasteiger partial charge is 0.492 e. The molecule has 1 heterocycles. The van der Waals surface area contributed by atoms with Crippen molar-refractivity contribution in [2.24, 2.45) is 0 Å². The molecule has 152 valence electrons. The van der Waals surface area contributed by atoms with Gasteiger partial charge in [0.1, 0.15) is 12.4 Å². The maximum absolute atomic E-state index is 12.8. The molecule has 0 radical (unpaired) electrons. The van der Waals surface area contributed by atoms with Gasteiger partial charge < -0.3 is 10.1 Å². The molecule has 0 aliphatic carbocycles. The lowest BCUT2D eigenvalue weighted by atomic mass is 9.83. The van der Waals surface area contributed by atoms with Gasteiger partial charge in [0.2, 0.25) is 0 Å². The molecule has 0 amide bonds. The average Bonchev–Trinajstić information content (AvgIpc) is 2.63. The third-order valence-electron chi connectivity index (χ3n) is 5.79. The molecule has 2 nitrogen and oxygen atoms in total. The van der Waals surface area contributed by atoms with Crippen molar-refractivity contribution in [2.45, 2.75) is 64.7 Å². The van der Waals surface area contributed by atoms with E-state index in [2.05, 4.69) is 45.1 Å². The number of hydrogen-bond donors (Lipinski definition) is 1. The van der Waals surface area contributed by atoms with Gasteiger partial charge in [-0.25, -0.2) is 0 Å². The Bertz CT molecular complexity index is 791. The van der Waals surface area contributed by atoms with Crippen molar-refractivity contribution < 1.29 is 17.9 Å². The lowest BCUT2D eigenvalue weighted by Gasteiger charge is -2.35. The summed E-state index contributed by atoms with van der Waals surface area (Å²) in [6.45, 7) is 8.92. The van der Waals surface area contributed by atoms with Crippen LogP contribution in [-0.4, -0.2) is 18.7 Å². The van der Waals surface area contributed by atoms with Gasteiger partial charge in [-0.2, -0.15) is 13.2 Å². The molecule has 3 atom stereocenters. The highest BCUT2D eigenvalue weighted by Crippen LogP contribution is 2.34. The normalized spacial score (nSPS) is 22.9. The number of aryl methyl sites for hydroxylation is 2. The highest BCUT2D eigenvalue weighted by Gasteiger charge is 2.31. The molecule has 2 aromatic carbocycles. The zero-order valence-corrected chi connectivity index (χ0v) is 16.9. The van der Waals surface area contributed by atoms with Crippen molar-refractivity contribution in [2.75, 3.05) is 6.61 Å². The van der Waals surface area contributed by atoms with E-state index in [9.17, 15) is 13.2 Å². The van der Waals surface area contributed by atoms with Gasteiger partial charge in [0.05, 0.1) is 5.56 Å². The van der Waals surface area contributed by atoms with Crippen molar-refractivity contribution in [3.05, 3.63) is 64.2 Å². The fraction of sp³-hybridized carbons (Fsp3) is 0.478. The van der Waals surface area contributed by atoms with Gasteiger partial charge in [-0.15, -0.1) is 0 Å². The maximum Gasteiger partial charge on any atom is 0.416 e. The van der Waals surface area contributed by atoms with E-state index in [1.165, 1.54) is 28.8 Å². The zero-order chi connectivity index (χ0) is 20.5. The van der Waals surface area contributed by atoms with Gasteiger partial charge >= 0.3 is 6.18 Å². The minimum absolute atomic E-state index is 0.165. The SMILES string of the molecule is Cc1cc(OCC2CC(c3ccc(C(F)(F)F)cc3)CC(C)N2)cc(C)c1C. The Morgan fingerprint density at radius 3 is 2.18 bits per heavy atom. The summed E-state index contributed by atoms with van der Waals surface area (Å²) in [7, 11) is 0. The van der Waals surface area contributed by atoms with Crippen LogP contribution in [0.1, 0.15) is 53.5 Å². The van der Waals surface area contributed by atoms with Gasteiger partial charge in [0, 0.05) is 12.1 Å². The second kappa shape index (κ2) is 8.16.